The zero-order chi connectivity index (χ0) is 43.7. The molecule has 0 unspecified atom stereocenters. The fourth-order valence-electron chi connectivity index (χ4n) is 8.91. The van der Waals surface area contributed by atoms with E-state index >= 15 is 26.3 Å². The third-order valence-electron chi connectivity index (χ3n) is 11.7. The summed E-state index contributed by atoms with van der Waals surface area (Å²) in [5.74, 6) is 0.338. The molecule has 10 heteroatoms. The molecule has 0 spiro atoms. The Kier molecular flexibility index (Phi) is 9.25. The van der Waals surface area contributed by atoms with Gasteiger partial charge in [-0.25, -0.2) is 9.97 Å². The highest BCUT2D eigenvalue weighted by Gasteiger charge is 2.37. The largest absolute Gasteiger partial charge is 0.417 e. The van der Waals surface area contributed by atoms with Gasteiger partial charge in [0.25, 0.3) is 0 Å². The first kappa shape index (κ1) is 39.3. The van der Waals surface area contributed by atoms with E-state index in [9.17, 15) is 0 Å². The SMILES string of the molecule is FC(F)(F)c1ccccc1-c1cc(-c2cc(-c3ccccc3)nc(-c3ccccc3)n2)cc(-c2ccccc2C(F)(F)F)c1-n1c2ccccc2c2c3sc4ccccc4c3ccc21. The number of benzene rings is 8. The van der Waals surface area contributed by atoms with Crippen LogP contribution >= 0.6 is 11.3 Å². The Morgan fingerprint density at radius 2 is 0.922 bits per heavy atom. The summed E-state index contributed by atoms with van der Waals surface area (Å²) >= 11 is 1.60. The monoisotopic (exact) mass is 867 g/mol. The van der Waals surface area contributed by atoms with E-state index in [1.807, 2.05) is 120 Å². The second kappa shape index (κ2) is 15.1. The number of hydrogen-bond acceptors (Lipinski definition) is 3. The number of para-hydroxylation sites is 1. The molecular weight excluding hydrogens is 837 g/mol. The lowest BCUT2D eigenvalue weighted by Crippen LogP contribution is -2.11. The first-order chi connectivity index (χ1) is 31.0. The number of hydrogen-bond donors (Lipinski definition) is 0. The van der Waals surface area contributed by atoms with Crippen molar-refractivity contribution in [3.8, 4) is 61.8 Å². The molecule has 0 saturated carbocycles. The van der Waals surface area contributed by atoms with Gasteiger partial charge in [0.1, 0.15) is 0 Å². The van der Waals surface area contributed by atoms with Gasteiger partial charge in [0.15, 0.2) is 5.82 Å². The molecule has 3 aromatic heterocycles. The smallest absolute Gasteiger partial charge is 0.308 e. The molecule has 0 bridgehead atoms. The fraction of sp³-hybridized carbons (Fsp3) is 0.0370. The van der Waals surface area contributed by atoms with Gasteiger partial charge in [-0.05, 0) is 59.7 Å². The van der Waals surface area contributed by atoms with Crippen LogP contribution in [0.3, 0.4) is 0 Å². The van der Waals surface area contributed by atoms with Crippen LogP contribution in [0.4, 0.5) is 26.3 Å². The maximum absolute atomic E-state index is 15.4. The zero-order valence-electron chi connectivity index (χ0n) is 33.4. The average molecular weight is 868 g/mol. The van der Waals surface area contributed by atoms with Crippen LogP contribution in [0.15, 0.2) is 188 Å². The highest BCUT2D eigenvalue weighted by molar-refractivity contribution is 7.26. The fourth-order valence-corrected chi connectivity index (χ4v) is 10.2. The van der Waals surface area contributed by atoms with Crippen LogP contribution in [0.5, 0.6) is 0 Å². The van der Waals surface area contributed by atoms with Gasteiger partial charge in [0, 0.05) is 58.8 Å². The summed E-state index contributed by atoms with van der Waals surface area (Å²) in [6, 6.07) is 53.6. The first-order valence-electron chi connectivity index (χ1n) is 20.4. The molecule has 64 heavy (non-hydrogen) atoms. The minimum Gasteiger partial charge on any atom is -0.308 e. The van der Waals surface area contributed by atoms with Crippen molar-refractivity contribution in [2.24, 2.45) is 0 Å². The number of aromatic nitrogens is 3. The molecule has 0 aliphatic carbocycles. The Morgan fingerprint density at radius 3 is 1.55 bits per heavy atom. The summed E-state index contributed by atoms with van der Waals surface area (Å²) in [6.07, 6.45) is -9.65. The molecule has 11 rings (SSSR count). The summed E-state index contributed by atoms with van der Waals surface area (Å²) in [5.41, 5.74) is 1.83. The van der Waals surface area contributed by atoms with Crippen molar-refractivity contribution in [1.29, 1.82) is 0 Å². The molecule has 0 N–H and O–H groups in total. The van der Waals surface area contributed by atoms with Gasteiger partial charge in [0.05, 0.1) is 39.2 Å². The molecule has 8 aromatic carbocycles. The van der Waals surface area contributed by atoms with Crippen LogP contribution in [0.25, 0.3) is 104 Å². The summed E-state index contributed by atoms with van der Waals surface area (Å²) in [7, 11) is 0. The molecule has 0 fully saturated rings. The normalized spacial score (nSPS) is 12.2. The van der Waals surface area contributed by atoms with Crippen LogP contribution in [-0.2, 0) is 12.4 Å². The minimum atomic E-state index is -4.83. The maximum Gasteiger partial charge on any atom is 0.417 e. The summed E-state index contributed by atoms with van der Waals surface area (Å²) in [5, 5.41) is 3.71. The van der Waals surface area contributed by atoms with Crippen LogP contribution in [-0.4, -0.2) is 14.5 Å². The highest BCUT2D eigenvalue weighted by atomic mass is 32.1. The van der Waals surface area contributed by atoms with Crippen molar-refractivity contribution in [2.75, 3.05) is 0 Å². The van der Waals surface area contributed by atoms with Gasteiger partial charge in [-0.1, -0.05) is 140 Å². The van der Waals surface area contributed by atoms with Gasteiger partial charge >= 0.3 is 12.4 Å². The molecule has 0 aliphatic rings. The Labute approximate surface area is 366 Å². The molecule has 11 aromatic rings. The van der Waals surface area contributed by atoms with Crippen LogP contribution < -0.4 is 0 Å². The van der Waals surface area contributed by atoms with Crippen molar-refractivity contribution in [3.05, 3.63) is 199 Å². The average Bonchev–Trinajstić information content (AvgIpc) is 3.87. The van der Waals surface area contributed by atoms with Crippen LogP contribution in [0.1, 0.15) is 11.1 Å². The Morgan fingerprint density at radius 1 is 0.406 bits per heavy atom. The number of alkyl halides is 6. The van der Waals surface area contributed by atoms with Gasteiger partial charge in [-0.3, -0.25) is 0 Å². The second-order valence-electron chi connectivity index (χ2n) is 15.5. The van der Waals surface area contributed by atoms with Crippen molar-refractivity contribution in [3.63, 3.8) is 0 Å². The van der Waals surface area contributed by atoms with E-state index in [0.717, 1.165) is 48.6 Å². The zero-order valence-corrected chi connectivity index (χ0v) is 34.2. The van der Waals surface area contributed by atoms with E-state index in [4.69, 9.17) is 9.97 Å². The van der Waals surface area contributed by atoms with Crippen LogP contribution in [0.2, 0.25) is 0 Å². The van der Waals surface area contributed by atoms with Gasteiger partial charge in [0.2, 0.25) is 0 Å². The maximum atomic E-state index is 15.4. The van der Waals surface area contributed by atoms with Crippen molar-refractivity contribution in [1.82, 2.24) is 14.5 Å². The predicted octanol–water partition coefficient (Wildman–Crippen LogP) is 16.3. The van der Waals surface area contributed by atoms with E-state index in [2.05, 4.69) is 6.07 Å². The Hall–Kier alpha value is -7.56. The Bertz CT molecular complexity index is 3450. The first-order valence-corrected chi connectivity index (χ1v) is 21.2. The molecule has 3 heterocycles. The molecule has 0 radical (unpaired) electrons. The lowest BCUT2D eigenvalue weighted by Gasteiger charge is -2.24. The van der Waals surface area contributed by atoms with E-state index in [1.54, 1.807) is 29.5 Å². The molecule has 310 valence electrons. The summed E-state index contributed by atoms with van der Waals surface area (Å²) in [4.78, 5) is 9.91. The summed E-state index contributed by atoms with van der Waals surface area (Å²) < 4.78 is 96.0. The number of rotatable bonds is 6. The molecule has 0 aliphatic heterocycles. The second-order valence-corrected chi connectivity index (χ2v) is 16.5. The van der Waals surface area contributed by atoms with E-state index < -0.39 is 23.5 Å². The van der Waals surface area contributed by atoms with Crippen molar-refractivity contribution in [2.45, 2.75) is 12.4 Å². The lowest BCUT2D eigenvalue weighted by atomic mass is 9.88. The van der Waals surface area contributed by atoms with Gasteiger partial charge in [-0.2, -0.15) is 26.3 Å². The minimum absolute atomic E-state index is 0.0672. The topological polar surface area (TPSA) is 30.7 Å². The molecule has 0 atom stereocenters. The predicted molar refractivity (Wildman–Crippen MR) is 246 cm³/mol. The van der Waals surface area contributed by atoms with E-state index in [0.29, 0.717) is 39.4 Å². The number of fused-ring (bicyclic) bond motifs is 7. The molecular formula is C54H31F6N3S. The summed E-state index contributed by atoms with van der Waals surface area (Å²) in [6.45, 7) is 0. The van der Waals surface area contributed by atoms with Crippen molar-refractivity contribution >= 4 is 53.3 Å². The highest BCUT2D eigenvalue weighted by Crippen LogP contribution is 2.50. The van der Waals surface area contributed by atoms with Crippen molar-refractivity contribution < 1.29 is 26.3 Å². The quantitative estimate of drug-likeness (QED) is 0.156. The number of nitrogens with zero attached hydrogens (tertiary/aromatic N) is 3. The van der Waals surface area contributed by atoms with E-state index in [1.165, 1.54) is 36.4 Å². The van der Waals surface area contributed by atoms with E-state index in [-0.39, 0.29) is 27.9 Å². The van der Waals surface area contributed by atoms with Gasteiger partial charge < -0.3 is 4.57 Å². The van der Waals surface area contributed by atoms with Gasteiger partial charge in [-0.15, -0.1) is 11.3 Å². The molecule has 0 amide bonds. The number of halogens is 6. The third-order valence-corrected chi connectivity index (χ3v) is 12.9. The standard InChI is InChI=1S/C54H31F6N3S/c55-53(56,57)42-23-11-7-19-35(42)40-29-34(45-31-44(32-15-3-1-4-16-32)61-52(62-45)33-17-5-2-6-18-33)30-41(36-20-8-12-24-43(36)54(58,59)60)50(40)63-46-25-13-9-22-39(46)49-47(63)28-27-38-37-21-10-14-26-48(37)64-51(38)49/h1-31H. The number of thiophene rings is 1. The lowest BCUT2D eigenvalue weighted by molar-refractivity contribution is -0.137. The molecule has 0 saturated heterocycles. The molecule has 3 nitrogen and oxygen atoms in total. The van der Waals surface area contributed by atoms with Crippen LogP contribution in [0, 0.1) is 0 Å². The Balaban J connectivity index is 1.33. The third kappa shape index (κ3) is 6.60.